The first-order chi connectivity index (χ1) is 16.2. The molecule has 0 radical (unpaired) electrons. The van der Waals surface area contributed by atoms with Crippen molar-refractivity contribution in [2.24, 2.45) is 0 Å². The number of anilines is 1. The minimum absolute atomic E-state index is 0.0766. The molecule has 0 spiro atoms. The quantitative estimate of drug-likeness (QED) is 0.561. The Morgan fingerprint density at radius 1 is 1.06 bits per heavy atom. The number of ether oxygens (including phenoxy) is 1. The average molecular weight is 477 g/mol. The molecule has 2 aliphatic heterocycles. The van der Waals surface area contributed by atoms with Crippen LogP contribution in [0, 0.1) is 0 Å². The SMILES string of the molecule is CC1(C)CC(=O)c2cc(C(=O)Nc3nnc(CCN4C(=O)c5ccccc5C4=O)s3)ccc2O1. The first-order valence-electron chi connectivity index (χ1n) is 10.7. The second kappa shape index (κ2) is 8.14. The van der Waals surface area contributed by atoms with E-state index >= 15 is 0 Å². The van der Waals surface area contributed by atoms with Gasteiger partial charge in [0.1, 0.15) is 16.4 Å². The van der Waals surface area contributed by atoms with E-state index in [1.165, 1.54) is 11.0 Å². The van der Waals surface area contributed by atoms with Crippen molar-refractivity contribution in [3.05, 3.63) is 69.7 Å². The van der Waals surface area contributed by atoms with Crippen LogP contribution in [0.4, 0.5) is 5.13 Å². The molecule has 0 fully saturated rings. The maximum Gasteiger partial charge on any atom is 0.261 e. The van der Waals surface area contributed by atoms with Gasteiger partial charge in [0.05, 0.1) is 23.1 Å². The molecule has 3 heterocycles. The smallest absolute Gasteiger partial charge is 0.261 e. The molecule has 3 amide bonds. The zero-order valence-electron chi connectivity index (χ0n) is 18.5. The third-order valence-corrected chi connectivity index (χ3v) is 6.53. The van der Waals surface area contributed by atoms with Crippen molar-refractivity contribution in [2.75, 3.05) is 11.9 Å². The molecule has 9 nitrogen and oxygen atoms in total. The van der Waals surface area contributed by atoms with Gasteiger partial charge in [0, 0.05) is 18.5 Å². The zero-order valence-corrected chi connectivity index (χ0v) is 19.3. The Labute approximate surface area is 198 Å². The van der Waals surface area contributed by atoms with E-state index in [-0.39, 0.29) is 35.7 Å². The molecular weight excluding hydrogens is 456 g/mol. The zero-order chi connectivity index (χ0) is 24.0. The standard InChI is InChI=1S/C24H20N4O5S/c1-24(2)12-17(29)16-11-13(7-8-18(16)33-24)20(30)25-23-27-26-19(34-23)9-10-28-21(31)14-5-3-4-6-15(14)22(28)32/h3-8,11H,9-10,12H2,1-2H3,(H,25,27,30). The highest BCUT2D eigenvalue weighted by atomic mass is 32.1. The van der Waals surface area contributed by atoms with Crippen LogP contribution in [0.25, 0.3) is 0 Å². The number of carbonyl (C=O) groups is 4. The van der Waals surface area contributed by atoms with E-state index in [9.17, 15) is 19.2 Å². The lowest BCUT2D eigenvalue weighted by Gasteiger charge is -2.31. The maximum atomic E-state index is 12.7. The van der Waals surface area contributed by atoms with Gasteiger partial charge in [-0.2, -0.15) is 0 Å². The van der Waals surface area contributed by atoms with Gasteiger partial charge in [-0.15, -0.1) is 10.2 Å². The molecule has 0 saturated carbocycles. The van der Waals surface area contributed by atoms with Crippen LogP contribution in [0.5, 0.6) is 5.75 Å². The van der Waals surface area contributed by atoms with Crippen molar-refractivity contribution in [1.82, 2.24) is 15.1 Å². The van der Waals surface area contributed by atoms with E-state index in [1.54, 1.807) is 36.4 Å². The molecule has 1 N–H and O–H groups in total. The van der Waals surface area contributed by atoms with Crippen LogP contribution < -0.4 is 10.1 Å². The van der Waals surface area contributed by atoms with Crippen molar-refractivity contribution in [3.8, 4) is 5.75 Å². The fraction of sp³-hybridized carbons (Fsp3) is 0.250. The maximum absolute atomic E-state index is 12.7. The minimum Gasteiger partial charge on any atom is -0.487 e. The third kappa shape index (κ3) is 3.96. The predicted molar refractivity (Wildman–Crippen MR) is 123 cm³/mol. The summed E-state index contributed by atoms with van der Waals surface area (Å²) in [6, 6.07) is 11.4. The molecule has 0 bridgehead atoms. The number of carbonyl (C=O) groups excluding carboxylic acids is 4. The first-order valence-corrected chi connectivity index (χ1v) is 11.5. The molecule has 0 atom stereocenters. The molecule has 10 heteroatoms. The van der Waals surface area contributed by atoms with Crippen LogP contribution in [-0.2, 0) is 6.42 Å². The number of imide groups is 1. The summed E-state index contributed by atoms with van der Waals surface area (Å²) in [5.41, 5.74) is 0.902. The number of Topliss-reactive ketones (excluding diaryl/α,β-unsaturated/α-hetero) is 1. The number of nitrogens with one attached hydrogen (secondary N) is 1. The molecule has 5 rings (SSSR count). The van der Waals surface area contributed by atoms with Gasteiger partial charge < -0.3 is 4.74 Å². The predicted octanol–water partition coefficient (Wildman–Crippen LogP) is 3.37. The van der Waals surface area contributed by atoms with Crippen LogP contribution >= 0.6 is 11.3 Å². The van der Waals surface area contributed by atoms with Crippen LogP contribution in [0.1, 0.15) is 66.7 Å². The molecule has 3 aromatic rings. The van der Waals surface area contributed by atoms with Gasteiger partial charge in [-0.05, 0) is 44.2 Å². The lowest BCUT2D eigenvalue weighted by molar-refractivity contribution is 0.0615. The van der Waals surface area contributed by atoms with Gasteiger partial charge in [0.25, 0.3) is 17.7 Å². The van der Waals surface area contributed by atoms with E-state index < -0.39 is 11.5 Å². The Kier molecular flexibility index (Phi) is 5.24. The van der Waals surface area contributed by atoms with E-state index in [4.69, 9.17) is 4.74 Å². The van der Waals surface area contributed by atoms with E-state index in [0.717, 1.165) is 11.3 Å². The number of fused-ring (bicyclic) bond motifs is 2. The number of ketones is 1. The third-order valence-electron chi connectivity index (χ3n) is 5.63. The number of hydrogen-bond donors (Lipinski definition) is 1. The normalized spacial score (nSPS) is 16.2. The van der Waals surface area contributed by atoms with E-state index in [0.29, 0.717) is 39.4 Å². The van der Waals surface area contributed by atoms with Crippen molar-refractivity contribution in [2.45, 2.75) is 32.3 Å². The molecule has 2 aromatic carbocycles. The highest BCUT2D eigenvalue weighted by Crippen LogP contribution is 2.33. The summed E-state index contributed by atoms with van der Waals surface area (Å²) >= 11 is 1.16. The van der Waals surface area contributed by atoms with Crippen LogP contribution in [0.3, 0.4) is 0 Å². The topological polar surface area (TPSA) is 119 Å². The van der Waals surface area contributed by atoms with E-state index in [1.807, 2.05) is 13.8 Å². The largest absolute Gasteiger partial charge is 0.487 e. The molecule has 0 unspecified atom stereocenters. The van der Waals surface area contributed by atoms with Crippen LogP contribution in [-0.4, -0.2) is 50.7 Å². The summed E-state index contributed by atoms with van der Waals surface area (Å²) < 4.78 is 5.83. The number of nitrogens with zero attached hydrogens (tertiary/aromatic N) is 3. The Bertz CT molecular complexity index is 1330. The molecule has 1 aromatic heterocycles. The fourth-order valence-corrected chi connectivity index (χ4v) is 4.74. The van der Waals surface area contributed by atoms with Crippen molar-refractivity contribution in [1.29, 1.82) is 0 Å². The minimum atomic E-state index is -0.579. The molecule has 34 heavy (non-hydrogen) atoms. The second-order valence-corrected chi connectivity index (χ2v) is 9.75. The number of aromatic nitrogens is 2. The number of hydrogen-bond acceptors (Lipinski definition) is 8. The van der Waals surface area contributed by atoms with E-state index in [2.05, 4.69) is 15.5 Å². The van der Waals surface area contributed by atoms with Crippen molar-refractivity contribution >= 4 is 40.0 Å². The summed E-state index contributed by atoms with van der Waals surface area (Å²) in [5, 5.41) is 11.6. The molecular formula is C24H20N4O5S. The molecule has 0 aliphatic carbocycles. The summed E-state index contributed by atoms with van der Waals surface area (Å²) in [7, 11) is 0. The Morgan fingerprint density at radius 3 is 2.47 bits per heavy atom. The first kappa shape index (κ1) is 21.9. The average Bonchev–Trinajstić information content (AvgIpc) is 3.34. The molecule has 172 valence electrons. The van der Waals surface area contributed by atoms with Gasteiger partial charge in [0.2, 0.25) is 5.13 Å². The highest BCUT2D eigenvalue weighted by molar-refractivity contribution is 7.15. The summed E-state index contributed by atoms with van der Waals surface area (Å²) in [6.07, 6.45) is 0.553. The van der Waals surface area contributed by atoms with Gasteiger partial charge in [-0.3, -0.25) is 29.4 Å². The van der Waals surface area contributed by atoms with Gasteiger partial charge in [-0.1, -0.05) is 23.5 Å². The van der Waals surface area contributed by atoms with Crippen molar-refractivity contribution < 1.29 is 23.9 Å². The Hall–Kier alpha value is -3.92. The lowest BCUT2D eigenvalue weighted by Crippen LogP contribution is -2.36. The lowest BCUT2D eigenvalue weighted by atomic mass is 9.92. The summed E-state index contributed by atoms with van der Waals surface area (Å²) in [5.74, 6) is -0.694. The Balaban J connectivity index is 1.23. The second-order valence-electron chi connectivity index (χ2n) is 8.69. The Morgan fingerprint density at radius 2 is 1.76 bits per heavy atom. The molecule has 0 saturated heterocycles. The number of benzene rings is 2. The van der Waals surface area contributed by atoms with Crippen LogP contribution in [0.15, 0.2) is 42.5 Å². The van der Waals surface area contributed by atoms with Gasteiger partial charge in [-0.25, -0.2) is 0 Å². The summed E-state index contributed by atoms with van der Waals surface area (Å²) in [6.45, 7) is 3.85. The van der Waals surface area contributed by atoms with Gasteiger partial charge in [0.15, 0.2) is 5.78 Å². The highest BCUT2D eigenvalue weighted by Gasteiger charge is 2.35. The number of amides is 3. The summed E-state index contributed by atoms with van der Waals surface area (Å²) in [4.78, 5) is 51.3. The fourth-order valence-electron chi connectivity index (χ4n) is 4.02. The van der Waals surface area contributed by atoms with Crippen molar-refractivity contribution in [3.63, 3.8) is 0 Å². The molecule has 2 aliphatic rings. The monoisotopic (exact) mass is 476 g/mol. The van der Waals surface area contributed by atoms with Gasteiger partial charge >= 0.3 is 0 Å². The number of rotatable bonds is 5. The van der Waals surface area contributed by atoms with Crippen LogP contribution in [0.2, 0.25) is 0 Å².